The Balaban J connectivity index is 1.87. The second-order valence-corrected chi connectivity index (χ2v) is 6.89. The minimum Gasteiger partial charge on any atom is -0.488 e. The van der Waals surface area contributed by atoms with Crippen LogP contribution in [0, 0.1) is 25.5 Å². The number of fused-ring (bicyclic) bond motifs is 1. The van der Waals surface area contributed by atoms with Crippen molar-refractivity contribution >= 4 is 16.9 Å². The molecule has 0 radical (unpaired) electrons. The quantitative estimate of drug-likeness (QED) is 0.410. The van der Waals surface area contributed by atoms with Crippen molar-refractivity contribution in [1.82, 2.24) is 0 Å². The predicted octanol–water partition coefficient (Wildman–Crippen LogP) is 4.76. The summed E-state index contributed by atoms with van der Waals surface area (Å²) >= 11 is 0. The second kappa shape index (κ2) is 9.07. The summed E-state index contributed by atoms with van der Waals surface area (Å²) in [7, 11) is 0. The van der Waals surface area contributed by atoms with Crippen molar-refractivity contribution in [3.8, 4) is 5.75 Å². The molecule has 1 aromatic heterocycles. The third kappa shape index (κ3) is 4.50. The zero-order chi connectivity index (χ0) is 21.8. The number of benzene rings is 2. The summed E-state index contributed by atoms with van der Waals surface area (Å²) in [6.07, 6.45) is 0.318. The number of aryl methyl sites for hydroxylation is 2. The van der Waals surface area contributed by atoms with E-state index in [2.05, 4.69) is 0 Å². The van der Waals surface area contributed by atoms with Gasteiger partial charge in [0.25, 0.3) is 0 Å². The third-order valence-corrected chi connectivity index (χ3v) is 4.94. The first kappa shape index (κ1) is 21.5. The number of ether oxygens (including phenoxy) is 2. The molecule has 0 aliphatic rings. The van der Waals surface area contributed by atoms with Crippen molar-refractivity contribution in [2.24, 2.45) is 0 Å². The minimum atomic E-state index is -0.693. The fourth-order valence-electron chi connectivity index (χ4n) is 3.27. The molecule has 0 amide bonds. The Morgan fingerprint density at radius 2 is 1.87 bits per heavy atom. The average Bonchev–Trinajstić information content (AvgIpc) is 2.69. The number of esters is 1. The van der Waals surface area contributed by atoms with E-state index in [1.807, 2.05) is 0 Å². The molecule has 0 bridgehead atoms. The Labute approximate surface area is 172 Å². The smallest absolute Gasteiger partial charge is 0.339 e. The van der Waals surface area contributed by atoms with Gasteiger partial charge in [0.15, 0.2) is 0 Å². The van der Waals surface area contributed by atoms with Gasteiger partial charge >= 0.3 is 11.6 Å². The van der Waals surface area contributed by atoms with E-state index in [4.69, 9.17) is 13.9 Å². The molecule has 7 heteroatoms. The van der Waals surface area contributed by atoms with Crippen LogP contribution in [0.1, 0.15) is 35.6 Å². The second-order valence-electron chi connectivity index (χ2n) is 6.89. The molecule has 2 aromatic carbocycles. The SMILES string of the molecule is CCOC(=O)CCc1c(C)c2ccc(OCc3ccc(F)cc3F)c(C)c2oc1=O. The summed E-state index contributed by atoms with van der Waals surface area (Å²) in [6.45, 7) is 5.45. The third-order valence-electron chi connectivity index (χ3n) is 4.94. The molecule has 0 saturated heterocycles. The molecule has 0 spiro atoms. The molecule has 0 fully saturated rings. The maximum Gasteiger partial charge on any atom is 0.339 e. The van der Waals surface area contributed by atoms with Crippen LogP contribution in [0.4, 0.5) is 8.78 Å². The highest BCUT2D eigenvalue weighted by Gasteiger charge is 2.17. The molecule has 158 valence electrons. The van der Waals surface area contributed by atoms with E-state index in [0.717, 1.165) is 23.1 Å². The average molecular weight is 416 g/mol. The van der Waals surface area contributed by atoms with Gasteiger partial charge in [-0.2, -0.15) is 0 Å². The Hall–Kier alpha value is -3.22. The highest BCUT2D eigenvalue weighted by Crippen LogP contribution is 2.30. The molecule has 5 nitrogen and oxygen atoms in total. The van der Waals surface area contributed by atoms with E-state index in [1.165, 1.54) is 6.07 Å². The number of carbonyl (C=O) groups is 1. The minimum absolute atomic E-state index is 0.0916. The fourth-order valence-corrected chi connectivity index (χ4v) is 3.27. The van der Waals surface area contributed by atoms with Gasteiger partial charge in [-0.1, -0.05) is 0 Å². The molecular weight excluding hydrogens is 394 g/mol. The van der Waals surface area contributed by atoms with E-state index in [-0.39, 0.29) is 37.6 Å². The van der Waals surface area contributed by atoms with E-state index in [9.17, 15) is 18.4 Å². The van der Waals surface area contributed by atoms with Gasteiger partial charge in [0.05, 0.1) is 6.61 Å². The highest BCUT2D eigenvalue weighted by atomic mass is 19.1. The van der Waals surface area contributed by atoms with E-state index in [1.54, 1.807) is 32.9 Å². The van der Waals surface area contributed by atoms with Crippen LogP contribution in [0.25, 0.3) is 11.0 Å². The van der Waals surface area contributed by atoms with Crippen LogP contribution in [0.2, 0.25) is 0 Å². The van der Waals surface area contributed by atoms with E-state index < -0.39 is 17.3 Å². The van der Waals surface area contributed by atoms with Gasteiger partial charge < -0.3 is 13.9 Å². The Bertz CT molecular complexity index is 1150. The first-order chi connectivity index (χ1) is 14.3. The Kier molecular flexibility index (Phi) is 6.50. The van der Waals surface area contributed by atoms with Crippen molar-refractivity contribution in [3.05, 3.63) is 74.6 Å². The van der Waals surface area contributed by atoms with Crippen molar-refractivity contribution in [2.45, 2.75) is 40.2 Å². The van der Waals surface area contributed by atoms with Gasteiger partial charge in [0.2, 0.25) is 0 Å². The molecule has 1 heterocycles. The fraction of sp³-hybridized carbons (Fsp3) is 0.304. The topological polar surface area (TPSA) is 65.7 Å². The molecule has 0 atom stereocenters. The standard InChI is InChI=1S/C23H22F2O5/c1-4-28-21(26)10-8-18-13(2)17-7-9-20(14(3)22(17)30-23(18)27)29-12-15-5-6-16(24)11-19(15)25/h5-7,9,11H,4,8,10,12H2,1-3H3. The number of hydrogen-bond donors (Lipinski definition) is 0. The lowest BCUT2D eigenvalue weighted by Gasteiger charge is -2.13. The zero-order valence-corrected chi connectivity index (χ0v) is 17.0. The number of rotatable bonds is 7. The van der Waals surface area contributed by atoms with Gasteiger partial charge in [-0.3, -0.25) is 4.79 Å². The van der Waals surface area contributed by atoms with Gasteiger partial charge in [0.1, 0.15) is 29.6 Å². The lowest BCUT2D eigenvalue weighted by atomic mass is 10.0. The Morgan fingerprint density at radius 3 is 2.57 bits per heavy atom. The van der Waals surface area contributed by atoms with Crippen molar-refractivity contribution in [2.75, 3.05) is 6.61 Å². The molecule has 0 aliphatic carbocycles. The first-order valence-electron chi connectivity index (χ1n) is 9.60. The summed E-state index contributed by atoms with van der Waals surface area (Å²) < 4.78 is 43.0. The predicted molar refractivity (Wildman–Crippen MR) is 108 cm³/mol. The summed E-state index contributed by atoms with van der Waals surface area (Å²) in [6, 6.07) is 6.74. The van der Waals surface area contributed by atoms with Crippen LogP contribution < -0.4 is 10.4 Å². The van der Waals surface area contributed by atoms with Crippen molar-refractivity contribution in [3.63, 3.8) is 0 Å². The molecule has 30 heavy (non-hydrogen) atoms. The largest absolute Gasteiger partial charge is 0.488 e. The van der Waals surface area contributed by atoms with Crippen LogP contribution in [-0.2, 0) is 22.6 Å². The van der Waals surface area contributed by atoms with Crippen molar-refractivity contribution < 1.29 is 27.5 Å². The molecule has 0 unspecified atom stereocenters. The molecule has 3 rings (SSSR count). The number of hydrogen-bond acceptors (Lipinski definition) is 5. The molecule has 0 N–H and O–H groups in total. The maximum atomic E-state index is 13.8. The van der Waals surface area contributed by atoms with Gasteiger partial charge in [-0.05, 0) is 57.0 Å². The summed E-state index contributed by atoms with van der Waals surface area (Å²) in [4.78, 5) is 24.1. The van der Waals surface area contributed by atoms with Crippen LogP contribution in [0.3, 0.4) is 0 Å². The summed E-state index contributed by atoms with van der Waals surface area (Å²) in [5, 5.41) is 0.728. The van der Waals surface area contributed by atoms with Crippen LogP contribution in [0.5, 0.6) is 5.75 Å². The molecule has 0 aliphatic heterocycles. The molecular formula is C23H22F2O5. The van der Waals surface area contributed by atoms with Gasteiger partial charge in [-0.15, -0.1) is 0 Å². The van der Waals surface area contributed by atoms with Gasteiger partial charge in [0, 0.05) is 34.6 Å². The first-order valence-corrected chi connectivity index (χ1v) is 9.60. The van der Waals surface area contributed by atoms with Crippen LogP contribution in [-0.4, -0.2) is 12.6 Å². The van der Waals surface area contributed by atoms with Crippen molar-refractivity contribution in [1.29, 1.82) is 0 Å². The lowest BCUT2D eigenvalue weighted by Crippen LogP contribution is -2.14. The monoisotopic (exact) mass is 416 g/mol. The lowest BCUT2D eigenvalue weighted by molar-refractivity contribution is -0.143. The molecule has 3 aromatic rings. The van der Waals surface area contributed by atoms with E-state index in [0.29, 0.717) is 22.5 Å². The number of halogens is 2. The van der Waals surface area contributed by atoms with Crippen LogP contribution >= 0.6 is 0 Å². The zero-order valence-electron chi connectivity index (χ0n) is 17.0. The van der Waals surface area contributed by atoms with Gasteiger partial charge in [-0.25, -0.2) is 13.6 Å². The molecule has 0 saturated carbocycles. The highest BCUT2D eigenvalue weighted by molar-refractivity contribution is 5.85. The Morgan fingerprint density at radius 1 is 1.10 bits per heavy atom. The number of carbonyl (C=O) groups excluding carboxylic acids is 1. The maximum absolute atomic E-state index is 13.8. The van der Waals surface area contributed by atoms with E-state index >= 15 is 0 Å². The normalized spacial score (nSPS) is 11.0. The summed E-state index contributed by atoms with van der Waals surface area (Å²) in [5.74, 6) is -1.30. The van der Waals surface area contributed by atoms with Crippen LogP contribution in [0.15, 0.2) is 39.5 Å². The summed E-state index contributed by atoms with van der Waals surface area (Å²) in [5.41, 5.74) is 1.81.